The summed E-state index contributed by atoms with van der Waals surface area (Å²) in [5, 5.41) is 7.50. The van der Waals surface area contributed by atoms with Gasteiger partial charge in [0, 0.05) is 7.05 Å². The van der Waals surface area contributed by atoms with Crippen LogP contribution >= 0.6 is 11.8 Å². The molecular formula is C23H23N5O3S. The first-order chi connectivity index (χ1) is 15.6. The molecule has 4 aromatic rings. The van der Waals surface area contributed by atoms with E-state index in [9.17, 15) is 9.59 Å². The van der Waals surface area contributed by atoms with E-state index in [1.165, 1.54) is 16.4 Å². The van der Waals surface area contributed by atoms with Gasteiger partial charge in [0.25, 0.3) is 5.56 Å². The lowest BCUT2D eigenvalue weighted by molar-refractivity contribution is -0.113. The Morgan fingerprint density at radius 2 is 1.88 bits per heavy atom. The number of carbonyl (C=O) groups is 1. The van der Waals surface area contributed by atoms with Gasteiger partial charge in [-0.1, -0.05) is 54.2 Å². The number of nitrogens with one attached hydrogen (secondary N) is 1. The highest BCUT2D eigenvalue weighted by Gasteiger charge is 2.17. The molecule has 0 fully saturated rings. The molecular weight excluding hydrogens is 426 g/mol. The summed E-state index contributed by atoms with van der Waals surface area (Å²) in [4.78, 5) is 30.5. The smallest absolute Gasteiger partial charge is 0.280 e. The first-order valence-corrected chi connectivity index (χ1v) is 11.2. The summed E-state index contributed by atoms with van der Waals surface area (Å²) in [6.45, 7) is 2.74. The van der Waals surface area contributed by atoms with Crippen LogP contribution in [0.1, 0.15) is 12.5 Å². The van der Waals surface area contributed by atoms with E-state index >= 15 is 0 Å². The molecule has 2 heterocycles. The van der Waals surface area contributed by atoms with Crippen LogP contribution in [-0.4, -0.2) is 37.6 Å². The molecule has 1 N–H and O–H groups in total. The third-order valence-corrected chi connectivity index (χ3v) is 5.77. The first-order valence-electron chi connectivity index (χ1n) is 10.2. The number of nitrogens with zero attached hydrogens (tertiary/aromatic N) is 4. The van der Waals surface area contributed by atoms with Crippen LogP contribution in [0.3, 0.4) is 0 Å². The summed E-state index contributed by atoms with van der Waals surface area (Å²) in [7, 11) is 1.72. The molecule has 164 valence electrons. The van der Waals surface area contributed by atoms with Gasteiger partial charge in [0.1, 0.15) is 11.3 Å². The zero-order valence-corrected chi connectivity index (χ0v) is 18.6. The summed E-state index contributed by atoms with van der Waals surface area (Å²) in [5.41, 5.74) is 2.32. The average molecular weight is 450 g/mol. The number of carbonyl (C=O) groups excluding carboxylic acids is 1. The molecule has 8 nitrogen and oxygen atoms in total. The number of rotatable bonds is 8. The maximum atomic E-state index is 13.2. The minimum Gasteiger partial charge on any atom is -0.492 e. The lowest BCUT2D eigenvalue weighted by atomic mass is 10.2. The first kappa shape index (κ1) is 21.6. The molecule has 0 unspecified atom stereocenters. The molecule has 0 aliphatic carbocycles. The number of para-hydroxylation sites is 2. The number of hydrogen-bond acceptors (Lipinski definition) is 6. The summed E-state index contributed by atoms with van der Waals surface area (Å²) < 4.78 is 8.68. The van der Waals surface area contributed by atoms with Crippen molar-refractivity contribution in [2.75, 3.05) is 17.7 Å². The van der Waals surface area contributed by atoms with Crippen molar-refractivity contribution in [2.45, 2.75) is 18.6 Å². The number of amides is 1. The molecule has 0 aliphatic rings. The second-order valence-corrected chi connectivity index (χ2v) is 7.98. The van der Waals surface area contributed by atoms with Crippen molar-refractivity contribution in [3.05, 3.63) is 76.7 Å². The molecule has 0 aliphatic heterocycles. The maximum Gasteiger partial charge on any atom is 0.280 e. The highest BCUT2D eigenvalue weighted by Crippen LogP contribution is 2.25. The van der Waals surface area contributed by atoms with Crippen LogP contribution in [0.5, 0.6) is 5.75 Å². The minimum atomic E-state index is -0.214. The normalized spacial score (nSPS) is 10.9. The third kappa shape index (κ3) is 4.67. The zero-order valence-electron chi connectivity index (χ0n) is 17.8. The highest BCUT2D eigenvalue weighted by molar-refractivity contribution is 7.99. The molecule has 32 heavy (non-hydrogen) atoms. The predicted octanol–water partition coefficient (Wildman–Crippen LogP) is 3.31. The van der Waals surface area contributed by atoms with E-state index in [-0.39, 0.29) is 17.2 Å². The van der Waals surface area contributed by atoms with Crippen molar-refractivity contribution < 1.29 is 9.53 Å². The van der Waals surface area contributed by atoms with Gasteiger partial charge in [-0.2, -0.15) is 5.10 Å². The Hall–Kier alpha value is -3.59. The maximum absolute atomic E-state index is 13.2. The average Bonchev–Trinajstić information content (AvgIpc) is 3.17. The van der Waals surface area contributed by atoms with Crippen molar-refractivity contribution >= 4 is 34.4 Å². The van der Waals surface area contributed by atoms with Crippen molar-refractivity contribution in [2.24, 2.45) is 7.05 Å². The Morgan fingerprint density at radius 3 is 2.66 bits per heavy atom. The van der Waals surface area contributed by atoms with Gasteiger partial charge in [-0.15, -0.1) is 0 Å². The quantitative estimate of drug-likeness (QED) is 0.328. The molecule has 2 aromatic carbocycles. The molecule has 0 saturated carbocycles. The lowest BCUT2D eigenvalue weighted by Gasteiger charge is -2.13. The molecule has 0 atom stereocenters. The monoisotopic (exact) mass is 449 g/mol. The van der Waals surface area contributed by atoms with E-state index in [1.54, 1.807) is 23.9 Å². The second kappa shape index (κ2) is 9.69. The van der Waals surface area contributed by atoms with Gasteiger partial charge in [-0.05, 0) is 24.6 Å². The van der Waals surface area contributed by atoms with E-state index in [0.29, 0.717) is 40.8 Å². The fourth-order valence-corrected chi connectivity index (χ4v) is 4.12. The summed E-state index contributed by atoms with van der Waals surface area (Å²) in [6, 6.07) is 17.0. The van der Waals surface area contributed by atoms with Crippen LogP contribution < -0.4 is 15.6 Å². The van der Waals surface area contributed by atoms with Gasteiger partial charge in [-0.25, -0.2) is 4.98 Å². The molecule has 1 amide bonds. The van der Waals surface area contributed by atoms with Crippen LogP contribution in [0, 0.1) is 0 Å². The molecule has 0 saturated heterocycles. The van der Waals surface area contributed by atoms with Gasteiger partial charge in [0.05, 0.1) is 30.8 Å². The number of hydrogen-bond donors (Lipinski definition) is 1. The largest absolute Gasteiger partial charge is 0.492 e. The van der Waals surface area contributed by atoms with Gasteiger partial charge >= 0.3 is 0 Å². The number of fused-ring (bicyclic) bond motifs is 1. The van der Waals surface area contributed by atoms with Crippen LogP contribution in [0.4, 0.5) is 5.69 Å². The standard InChI is InChI=1S/C23H23N5O3S/c1-3-31-19-12-8-7-11-17(19)25-20(29)15-32-23-26-18-13-24-27(2)21(18)22(30)28(23)14-16-9-5-4-6-10-16/h4-13H,3,14-15H2,1-2H3,(H,25,29). The molecule has 0 spiro atoms. The van der Waals surface area contributed by atoms with Crippen molar-refractivity contribution in [3.63, 3.8) is 0 Å². The van der Waals surface area contributed by atoms with Crippen LogP contribution in [0.2, 0.25) is 0 Å². The summed E-state index contributed by atoms with van der Waals surface area (Å²) >= 11 is 1.21. The lowest BCUT2D eigenvalue weighted by Crippen LogP contribution is -2.26. The molecule has 0 bridgehead atoms. The highest BCUT2D eigenvalue weighted by atomic mass is 32.2. The van der Waals surface area contributed by atoms with E-state index in [2.05, 4.69) is 15.4 Å². The van der Waals surface area contributed by atoms with Gasteiger partial charge in [0.15, 0.2) is 10.7 Å². The van der Waals surface area contributed by atoms with Crippen molar-refractivity contribution in [1.82, 2.24) is 19.3 Å². The van der Waals surface area contributed by atoms with Gasteiger partial charge < -0.3 is 10.1 Å². The molecule has 0 radical (unpaired) electrons. The molecule has 9 heteroatoms. The summed E-state index contributed by atoms with van der Waals surface area (Å²) in [5.74, 6) is 0.492. The van der Waals surface area contributed by atoms with Gasteiger partial charge in [-0.3, -0.25) is 18.8 Å². The third-order valence-electron chi connectivity index (χ3n) is 4.79. The number of aromatic nitrogens is 4. The van der Waals surface area contributed by atoms with E-state index < -0.39 is 0 Å². The Bertz CT molecular complexity index is 1300. The van der Waals surface area contributed by atoms with Crippen molar-refractivity contribution in [1.29, 1.82) is 0 Å². The van der Waals surface area contributed by atoms with Crippen LogP contribution in [-0.2, 0) is 18.4 Å². The Kier molecular flexibility index (Phi) is 6.55. The number of aryl methyl sites for hydroxylation is 1. The molecule has 2 aromatic heterocycles. The topological polar surface area (TPSA) is 91.0 Å². The fourth-order valence-electron chi connectivity index (χ4n) is 3.32. The second-order valence-electron chi connectivity index (χ2n) is 7.04. The van der Waals surface area contributed by atoms with Crippen LogP contribution in [0.15, 0.2) is 70.7 Å². The number of anilines is 1. The van der Waals surface area contributed by atoms with E-state index in [0.717, 1.165) is 5.56 Å². The van der Waals surface area contributed by atoms with E-state index in [1.807, 2.05) is 55.5 Å². The minimum absolute atomic E-state index is 0.0907. The SMILES string of the molecule is CCOc1ccccc1NC(=O)CSc1nc2cnn(C)c2c(=O)n1Cc1ccccc1. The number of ether oxygens (including phenoxy) is 1. The Morgan fingerprint density at radius 1 is 1.12 bits per heavy atom. The van der Waals surface area contributed by atoms with Gasteiger partial charge in [0.2, 0.25) is 5.91 Å². The fraction of sp³-hybridized carbons (Fsp3) is 0.217. The number of thioether (sulfide) groups is 1. The summed E-state index contributed by atoms with van der Waals surface area (Å²) in [6.07, 6.45) is 1.56. The zero-order chi connectivity index (χ0) is 22.5. The van der Waals surface area contributed by atoms with Crippen molar-refractivity contribution in [3.8, 4) is 5.75 Å². The predicted molar refractivity (Wildman–Crippen MR) is 125 cm³/mol. The number of benzene rings is 2. The van der Waals surface area contributed by atoms with Crippen LogP contribution in [0.25, 0.3) is 11.0 Å². The molecule has 4 rings (SSSR count). The Labute approximate surface area is 189 Å². The van der Waals surface area contributed by atoms with E-state index in [4.69, 9.17) is 4.74 Å². The Balaban J connectivity index is 1.59.